The van der Waals surface area contributed by atoms with Crippen molar-refractivity contribution in [1.29, 1.82) is 0 Å². The lowest BCUT2D eigenvalue weighted by atomic mass is 10.4. The van der Waals surface area contributed by atoms with Crippen LogP contribution in [-0.4, -0.2) is 25.3 Å². The maximum absolute atomic E-state index is 12.2. The Morgan fingerprint density at radius 1 is 1.31 bits per heavy atom. The largest absolute Gasteiger partial charge is 0.243 e. The maximum atomic E-state index is 12.2. The summed E-state index contributed by atoms with van der Waals surface area (Å²) < 4.78 is 26.0. The summed E-state index contributed by atoms with van der Waals surface area (Å²) in [6, 6.07) is 6.53. The summed E-state index contributed by atoms with van der Waals surface area (Å²) in [4.78, 5) is 0.325. The first-order chi connectivity index (χ1) is 7.55. The molecule has 1 saturated carbocycles. The van der Waals surface area contributed by atoms with Gasteiger partial charge in [-0.25, -0.2) is 8.42 Å². The Morgan fingerprint density at radius 2 is 1.88 bits per heavy atom. The molecule has 16 heavy (non-hydrogen) atoms. The first-order valence-electron chi connectivity index (χ1n) is 5.33. The van der Waals surface area contributed by atoms with Gasteiger partial charge in [0.15, 0.2) is 0 Å². The van der Waals surface area contributed by atoms with E-state index >= 15 is 0 Å². The summed E-state index contributed by atoms with van der Waals surface area (Å²) in [5, 5.41) is 0.549. The Kier molecular flexibility index (Phi) is 3.24. The molecule has 0 radical (unpaired) electrons. The minimum absolute atomic E-state index is 0.200. The molecule has 1 aliphatic carbocycles. The van der Waals surface area contributed by atoms with E-state index in [0.717, 1.165) is 12.8 Å². The molecule has 88 valence electrons. The van der Waals surface area contributed by atoms with Gasteiger partial charge in [0, 0.05) is 17.6 Å². The number of hydrogen-bond donors (Lipinski definition) is 0. The zero-order valence-electron chi connectivity index (χ0n) is 9.06. The van der Waals surface area contributed by atoms with E-state index in [4.69, 9.17) is 11.6 Å². The molecule has 0 heterocycles. The molecule has 3 nitrogen and oxygen atoms in total. The SMILES string of the molecule is CCN(C1CC1)S(=O)(=O)c1ccc(Cl)cc1. The second kappa shape index (κ2) is 4.35. The van der Waals surface area contributed by atoms with E-state index in [0.29, 0.717) is 16.5 Å². The van der Waals surface area contributed by atoms with Gasteiger partial charge in [0.1, 0.15) is 0 Å². The van der Waals surface area contributed by atoms with Crippen molar-refractivity contribution in [2.45, 2.75) is 30.7 Å². The zero-order valence-corrected chi connectivity index (χ0v) is 10.6. The highest BCUT2D eigenvalue weighted by molar-refractivity contribution is 7.89. The van der Waals surface area contributed by atoms with E-state index in [-0.39, 0.29) is 6.04 Å². The molecule has 0 saturated heterocycles. The normalized spacial score (nSPS) is 16.7. The van der Waals surface area contributed by atoms with Gasteiger partial charge in [-0.1, -0.05) is 18.5 Å². The lowest BCUT2D eigenvalue weighted by Crippen LogP contribution is -2.32. The van der Waals surface area contributed by atoms with Gasteiger partial charge in [-0.3, -0.25) is 0 Å². The minimum atomic E-state index is -3.33. The molecule has 1 aromatic carbocycles. The summed E-state index contributed by atoms with van der Waals surface area (Å²) in [5.74, 6) is 0. The fourth-order valence-corrected chi connectivity index (χ4v) is 3.55. The molecule has 2 rings (SSSR count). The van der Waals surface area contributed by atoms with Gasteiger partial charge in [-0.2, -0.15) is 4.31 Å². The molecule has 1 fully saturated rings. The third-order valence-electron chi connectivity index (χ3n) is 2.69. The second-order valence-corrected chi connectivity index (χ2v) is 6.22. The standard InChI is InChI=1S/C11H14ClNO2S/c1-2-13(10-5-6-10)16(14,15)11-7-3-9(12)4-8-11/h3-4,7-8,10H,2,5-6H2,1H3. The van der Waals surface area contributed by atoms with Crippen LogP contribution < -0.4 is 0 Å². The van der Waals surface area contributed by atoms with Gasteiger partial charge in [0.25, 0.3) is 0 Å². The van der Waals surface area contributed by atoms with Gasteiger partial charge in [0.2, 0.25) is 10.0 Å². The molecule has 0 N–H and O–H groups in total. The highest BCUT2D eigenvalue weighted by Gasteiger charge is 2.36. The van der Waals surface area contributed by atoms with Crippen molar-refractivity contribution < 1.29 is 8.42 Å². The Labute approximate surface area is 101 Å². The molecule has 0 aromatic heterocycles. The monoisotopic (exact) mass is 259 g/mol. The smallest absolute Gasteiger partial charge is 0.207 e. The fraction of sp³-hybridized carbons (Fsp3) is 0.455. The first kappa shape index (κ1) is 11.9. The average Bonchev–Trinajstić information content (AvgIpc) is 3.03. The topological polar surface area (TPSA) is 37.4 Å². The van der Waals surface area contributed by atoms with E-state index in [9.17, 15) is 8.42 Å². The molecular weight excluding hydrogens is 246 g/mol. The van der Waals surface area contributed by atoms with Crippen molar-refractivity contribution in [2.24, 2.45) is 0 Å². The molecular formula is C11H14ClNO2S. The van der Waals surface area contributed by atoms with Crippen LogP contribution in [-0.2, 0) is 10.0 Å². The van der Waals surface area contributed by atoms with Crippen LogP contribution >= 0.6 is 11.6 Å². The first-order valence-corrected chi connectivity index (χ1v) is 7.15. The van der Waals surface area contributed by atoms with Crippen molar-refractivity contribution in [1.82, 2.24) is 4.31 Å². The lowest BCUT2D eigenvalue weighted by Gasteiger charge is -2.19. The Morgan fingerprint density at radius 3 is 2.31 bits per heavy atom. The molecule has 1 aromatic rings. The van der Waals surface area contributed by atoms with Crippen LogP contribution in [0, 0.1) is 0 Å². The number of sulfonamides is 1. The van der Waals surface area contributed by atoms with Crippen LogP contribution in [0.25, 0.3) is 0 Å². The van der Waals surface area contributed by atoms with Crippen molar-refractivity contribution in [2.75, 3.05) is 6.54 Å². The highest BCUT2D eigenvalue weighted by Crippen LogP contribution is 2.31. The fourth-order valence-electron chi connectivity index (χ4n) is 1.73. The molecule has 0 spiro atoms. The number of halogens is 1. The van der Waals surface area contributed by atoms with Gasteiger partial charge >= 0.3 is 0 Å². The summed E-state index contributed by atoms with van der Waals surface area (Å²) in [7, 11) is -3.33. The predicted octanol–water partition coefficient (Wildman–Crippen LogP) is 2.51. The third-order valence-corrected chi connectivity index (χ3v) is 4.98. The Bertz CT molecular complexity index is 465. The van der Waals surface area contributed by atoms with Crippen LogP contribution in [0.3, 0.4) is 0 Å². The number of benzene rings is 1. The molecule has 0 amide bonds. The summed E-state index contributed by atoms with van der Waals surface area (Å²) in [6.07, 6.45) is 1.95. The molecule has 0 atom stereocenters. The molecule has 5 heteroatoms. The average molecular weight is 260 g/mol. The van der Waals surface area contributed by atoms with Crippen LogP contribution in [0.5, 0.6) is 0 Å². The number of rotatable bonds is 4. The van der Waals surface area contributed by atoms with E-state index in [1.54, 1.807) is 28.6 Å². The van der Waals surface area contributed by atoms with Crippen molar-refractivity contribution in [3.63, 3.8) is 0 Å². The van der Waals surface area contributed by atoms with Crippen LogP contribution in [0.4, 0.5) is 0 Å². The van der Waals surface area contributed by atoms with Gasteiger partial charge in [0.05, 0.1) is 4.90 Å². The summed E-state index contributed by atoms with van der Waals surface area (Å²) in [6.45, 7) is 2.39. The quantitative estimate of drug-likeness (QED) is 0.833. The minimum Gasteiger partial charge on any atom is -0.207 e. The van der Waals surface area contributed by atoms with Crippen LogP contribution in [0.15, 0.2) is 29.2 Å². The van der Waals surface area contributed by atoms with Crippen LogP contribution in [0.1, 0.15) is 19.8 Å². The van der Waals surface area contributed by atoms with Gasteiger partial charge in [-0.05, 0) is 37.1 Å². The highest BCUT2D eigenvalue weighted by atomic mass is 35.5. The molecule has 0 bridgehead atoms. The number of nitrogens with zero attached hydrogens (tertiary/aromatic N) is 1. The molecule has 1 aliphatic rings. The molecule has 0 unspecified atom stereocenters. The third kappa shape index (κ3) is 2.24. The van der Waals surface area contributed by atoms with Crippen molar-refractivity contribution in [3.8, 4) is 0 Å². The van der Waals surface area contributed by atoms with E-state index in [1.807, 2.05) is 6.92 Å². The lowest BCUT2D eigenvalue weighted by molar-refractivity contribution is 0.421. The summed E-state index contributed by atoms with van der Waals surface area (Å²) >= 11 is 5.74. The zero-order chi connectivity index (χ0) is 11.8. The van der Waals surface area contributed by atoms with Crippen LogP contribution in [0.2, 0.25) is 5.02 Å². The Hall–Kier alpha value is -0.580. The van der Waals surface area contributed by atoms with E-state index in [2.05, 4.69) is 0 Å². The summed E-state index contributed by atoms with van der Waals surface area (Å²) in [5.41, 5.74) is 0. The van der Waals surface area contributed by atoms with Gasteiger partial charge in [-0.15, -0.1) is 0 Å². The predicted molar refractivity (Wildman–Crippen MR) is 64.0 cm³/mol. The maximum Gasteiger partial charge on any atom is 0.243 e. The Balaban J connectivity index is 2.33. The second-order valence-electron chi connectivity index (χ2n) is 3.89. The van der Waals surface area contributed by atoms with Gasteiger partial charge < -0.3 is 0 Å². The molecule has 0 aliphatic heterocycles. The van der Waals surface area contributed by atoms with E-state index < -0.39 is 10.0 Å². The van der Waals surface area contributed by atoms with Crippen molar-refractivity contribution >= 4 is 21.6 Å². The number of hydrogen-bond acceptors (Lipinski definition) is 2. The van der Waals surface area contributed by atoms with E-state index in [1.165, 1.54) is 0 Å². The van der Waals surface area contributed by atoms with Crippen molar-refractivity contribution in [3.05, 3.63) is 29.3 Å².